The lowest BCUT2D eigenvalue weighted by Crippen LogP contribution is -2.21. The van der Waals surface area contributed by atoms with Crippen molar-refractivity contribution in [1.29, 1.82) is 0 Å². The van der Waals surface area contributed by atoms with Gasteiger partial charge in [-0.3, -0.25) is 9.89 Å². The minimum Gasteiger partial charge on any atom is -0.314 e. The van der Waals surface area contributed by atoms with Gasteiger partial charge < -0.3 is 4.90 Å². The number of anilines is 2. The zero-order valence-corrected chi connectivity index (χ0v) is 23.5. The van der Waals surface area contributed by atoms with Crippen LogP contribution in [-0.4, -0.2) is 11.2 Å². The summed E-state index contributed by atoms with van der Waals surface area (Å²) in [7, 11) is 0. The lowest BCUT2D eigenvalue weighted by Gasteiger charge is -2.26. The SMILES string of the molecule is CC(C)c1cccc(C(C)C)c1N=Cc1cccc(N2[C]N(c3c(C(C)C)cccc3C(C)C)C=C2)n1. The summed E-state index contributed by atoms with van der Waals surface area (Å²) in [5.41, 5.74) is 8.29. The molecule has 0 amide bonds. The van der Waals surface area contributed by atoms with Gasteiger partial charge in [0.25, 0.3) is 0 Å². The first-order valence-corrected chi connectivity index (χ1v) is 13.5. The monoisotopic (exact) mass is 492 g/mol. The molecule has 0 atom stereocenters. The number of rotatable bonds is 8. The van der Waals surface area contributed by atoms with E-state index in [2.05, 4.69) is 110 Å². The van der Waals surface area contributed by atoms with Crippen LogP contribution in [0.3, 0.4) is 0 Å². The third kappa shape index (κ3) is 5.79. The third-order valence-electron chi connectivity index (χ3n) is 6.83. The average molecular weight is 493 g/mol. The second kappa shape index (κ2) is 11.3. The van der Waals surface area contributed by atoms with E-state index in [4.69, 9.17) is 9.98 Å². The summed E-state index contributed by atoms with van der Waals surface area (Å²) in [4.78, 5) is 13.9. The van der Waals surface area contributed by atoms with Gasteiger partial charge in [-0.15, -0.1) is 0 Å². The molecule has 4 rings (SSSR count). The van der Waals surface area contributed by atoms with Crippen LogP contribution in [-0.2, 0) is 0 Å². The van der Waals surface area contributed by atoms with Crippen molar-refractivity contribution < 1.29 is 0 Å². The molecule has 4 nitrogen and oxygen atoms in total. The Morgan fingerprint density at radius 2 is 1.14 bits per heavy atom. The molecule has 1 aliphatic rings. The number of nitrogens with zero attached hydrogens (tertiary/aromatic N) is 4. The summed E-state index contributed by atoms with van der Waals surface area (Å²) in [6.07, 6.45) is 5.98. The first kappa shape index (κ1) is 26.7. The Labute approximate surface area is 223 Å². The fourth-order valence-electron chi connectivity index (χ4n) is 4.80. The van der Waals surface area contributed by atoms with E-state index in [9.17, 15) is 0 Å². The van der Waals surface area contributed by atoms with E-state index in [0.717, 1.165) is 17.2 Å². The first-order valence-electron chi connectivity index (χ1n) is 13.5. The summed E-state index contributed by atoms with van der Waals surface area (Å²) in [5, 5.41) is 0. The van der Waals surface area contributed by atoms with Crippen molar-refractivity contribution in [3.05, 3.63) is 102 Å². The second-order valence-corrected chi connectivity index (χ2v) is 11.0. The third-order valence-corrected chi connectivity index (χ3v) is 6.83. The molecule has 0 bridgehead atoms. The van der Waals surface area contributed by atoms with Crippen LogP contribution in [0.4, 0.5) is 17.2 Å². The average Bonchev–Trinajstić information content (AvgIpc) is 3.36. The lowest BCUT2D eigenvalue weighted by molar-refractivity contribution is 0.826. The summed E-state index contributed by atoms with van der Waals surface area (Å²) < 4.78 is 0. The van der Waals surface area contributed by atoms with Crippen molar-refractivity contribution in [1.82, 2.24) is 4.98 Å². The number of para-hydroxylation sites is 2. The normalized spacial score (nSPS) is 13.9. The highest BCUT2D eigenvalue weighted by Crippen LogP contribution is 2.38. The minimum absolute atomic E-state index is 0.402. The number of aromatic nitrogens is 1. The van der Waals surface area contributed by atoms with Crippen LogP contribution >= 0.6 is 0 Å². The molecular formula is C33H40N4. The van der Waals surface area contributed by atoms with Crippen LogP contribution in [0.2, 0.25) is 0 Å². The molecule has 2 radical (unpaired) electrons. The minimum atomic E-state index is 0.402. The molecule has 192 valence electrons. The van der Waals surface area contributed by atoms with E-state index in [0.29, 0.717) is 23.7 Å². The van der Waals surface area contributed by atoms with Gasteiger partial charge in [-0.2, -0.15) is 0 Å². The Morgan fingerprint density at radius 3 is 1.68 bits per heavy atom. The van der Waals surface area contributed by atoms with Crippen molar-refractivity contribution in [2.24, 2.45) is 4.99 Å². The molecule has 0 saturated carbocycles. The Hall–Kier alpha value is -3.40. The van der Waals surface area contributed by atoms with Crippen LogP contribution in [0, 0.1) is 6.67 Å². The molecule has 0 fully saturated rings. The number of pyridine rings is 1. The van der Waals surface area contributed by atoms with E-state index in [1.807, 2.05) is 35.5 Å². The van der Waals surface area contributed by atoms with Crippen molar-refractivity contribution in [3.8, 4) is 0 Å². The van der Waals surface area contributed by atoms with Gasteiger partial charge in [0.2, 0.25) is 6.67 Å². The van der Waals surface area contributed by atoms with Gasteiger partial charge in [-0.25, -0.2) is 4.98 Å². The Balaban J connectivity index is 1.61. The fraction of sp³-hybridized carbons (Fsp3) is 0.364. The molecule has 37 heavy (non-hydrogen) atoms. The van der Waals surface area contributed by atoms with E-state index in [1.165, 1.54) is 27.9 Å². The Kier molecular flexibility index (Phi) is 8.16. The molecule has 1 aromatic heterocycles. The quantitative estimate of drug-likeness (QED) is 0.294. The molecule has 0 N–H and O–H groups in total. The summed E-state index contributed by atoms with van der Waals surface area (Å²) in [6, 6.07) is 19.2. The van der Waals surface area contributed by atoms with Gasteiger partial charge in [0.15, 0.2) is 0 Å². The van der Waals surface area contributed by atoms with Crippen molar-refractivity contribution >= 4 is 23.4 Å². The second-order valence-electron chi connectivity index (χ2n) is 11.0. The molecule has 3 aromatic rings. The molecular weight excluding hydrogens is 452 g/mol. The molecule has 4 heteroatoms. The summed E-state index contributed by atoms with van der Waals surface area (Å²) in [5.74, 6) is 2.45. The maximum absolute atomic E-state index is 4.96. The number of benzene rings is 2. The molecule has 0 spiro atoms. The van der Waals surface area contributed by atoms with Gasteiger partial charge in [0.05, 0.1) is 23.3 Å². The van der Waals surface area contributed by atoms with Crippen LogP contribution in [0.15, 0.2) is 72.0 Å². The van der Waals surface area contributed by atoms with E-state index < -0.39 is 0 Å². The predicted octanol–water partition coefficient (Wildman–Crippen LogP) is 9.12. The molecule has 0 unspecified atom stereocenters. The van der Waals surface area contributed by atoms with Crippen LogP contribution in [0.25, 0.3) is 0 Å². The highest BCUT2D eigenvalue weighted by Gasteiger charge is 2.25. The molecule has 2 heterocycles. The fourth-order valence-corrected chi connectivity index (χ4v) is 4.80. The number of hydrogen-bond acceptors (Lipinski definition) is 4. The van der Waals surface area contributed by atoms with Crippen molar-refractivity contribution in [2.45, 2.75) is 79.1 Å². The smallest absolute Gasteiger partial charge is 0.219 e. The maximum Gasteiger partial charge on any atom is 0.219 e. The van der Waals surface area contributed by atoms with Gasteiger partial charge in [-0.05, 0) is 58.1 Å². The largest absolute Gasteiger partial charge is 0.314 e. The topological polar surface area (TPSA) is 31.7 Å². The summed E-state index contributed by atoms with van der Waals surface area (Å²) in [6.45, 7) is 21.4. The van der Waals surface area contributed by atoms with Crippen LogP contribution in [0.1, 0.15) is 107 Å². The van der Waals surface area contributed by atoms with Crippen molar-refractivity contribution in [3.63, 3.8) is 0 Å². The van der Waals surface area contributed by atoms with Crippen molar-refractivity contribution in [2.75, 3.05) is 9.80 Å². The predicted molar refractivity (Wildman–Crippen MR) is 158 cm³/mol. The Bertz CT molecular complexity index is 1230. The maximum atomic E-state index is 4.96. The standard InChI is InChI=1S/C33H40N4/c1-22(2)27-13-10-14-28(23(3)4)32(27)34-20-26-12-9-17-31(35-26)36-18-19-37(21-36)33-29(24(5)6)15-11-16-30(33)25(7)8/h9-20,22-25H,1-8H3. The van der Waals surface area contributed by atoms with Gasteiger partial charge in [-0.1, -0.05) is 97.9 Å². The first-order chi connectivity index (χ1) is 17.7. The van der Waals surface area contributed by atoms with E-state index in [-0.39, 0.29) is 0 Å². The zero-order valence-electron chi connectivity index (χ0n) is 23.5. The lowest BCUT2D eigenvalue weighted by atomic mass is 9.92. The zero-order chi connectivity index (χ0) is 26.7. The number of hydrogen-bond donors (Lipinski definition) is 0. The highest BCUT2D eigenvalue weighted by atomic mass is 15.4. The summed E-state index contributed by atoms with van der Waals surface area (Å²) >= 11 is 0. The van der Waals surface area contributed by atoms with Crippen LogP contribution in [0.5, 0.6) is 0 Å². The van der Waals surface area contributed by atoms with Gasteiger partial charge in [0, 0.05) is 12.4 Å². The van der Waals surface area contributed by atoms with E-state index >= 15 is 0 Å². The molecule has 1 aliphatic heterocycles. The highest BCUT2D eigenvalue weighted by molar-refractivity contribution is 5.82. The van der Waals surface area contributed by atoms with Gasteiger partial charge >= 0.3 is 0 Å². The van der Waals surface area contributed by atoms with Gasteiger partial charge in [0.1, 0.15) is 5.82 Å². The Morgan fingerprint density at radius 1 is 0.649 bits per heavy atom. The molecule has 0 saturated heterocycles. The number of aliphatic imine (C=N–C) groups is 1. The molecule has 0 aliphatic carbocycles. The molecule has 2 aromatic carbocycles. The van der Waals surface area contributed by atoms with Crippen LogP contribution < -0.4 is 9.80 Å². The van der Waals surface area contributed by atoms with E-state index in [1.54, 1.807) is 0 Å².